The van der Waals surface area contributed by atoms with E-state index in [-0.39, 0.29) is 11.3 Å². The zero-order chi connectivity index (χ0) is 19.9. The van der Waals surface area contributed by atoms with E-state index in [1.807, 2.05) is 13.8 Å². The second-order valence-electron chi connectivity index (χ2n) is 6.26. The number of amides is 1. The number of ether oxygens (including phenoxy) is 2. The number of aromatic nitrogens is 2. The van der Waals surface area contributed by atoms with Crippen molar-refractivity contribution in [2.24, 2.45) is 0 Å². The van der Waals surface area contributed by atoms with Crippen LogP contribution in [-0.4, -0.2) is 29.3 Å². The Morgan fingerprint density at radius 2 is 1.68 bits per heavy atom. The zero-order valence-corrected chi connectivity index (χ0v) is 16.0. The molecule has 7 nitrogen and oxygen atoms in total. The van der Waals surface area contributed by atoms with Gasteiger partial charge in [0.2, 0.25) is 0 Å². The van der Waals surface area contributed by atoms with Crippen molar-refractivity contribution >= 4 is 22.4 Å². The highest BCUT2D eigenvalue weighted by Gasteiger charge is 2.15. The lowest BCUT2D eigenvalue weighted by molar-refractivity contribution is 0.102. The van der Waals surface area contributed by atoms with Crippen LogP contribution >= 0.6 is 0 Å². The first-order valence-corrected chi connectivity index (χ1v) is 9.32. The Morgan fingerprint density at radius 3 is 2.39 bits per heavy atom. The first-order chi connectivity index (χ1) is 13.6. The first kappa shape index (κ1) is 19.4. The van der Waals surface area contributed by atoms with Gasteiger partial charge in [-0.05, 0) is 31.0 Å². The van der Waals surface area contributed by atoms with Gasteiger partial charge in [-0.2, -0.15) is 5.10 Å². The Hall–Kier alpha value is -3.35. The summed E-state index contributed by atoms with van der Waals surface area (Å²) in [5.74, 6) is 0.796. The number of hydrogen-bond acceptors (Lipinski definition) is 5. The van der Waals surface area contributed by atoms with Crippen LogP contribution < -0.4 is 20.3 Å². The normalized spacial score (nSPS) is 10.6. The molecule has 2 aromatic carbocycles. The maximum absolute atomic E-state index is 12.8. The van der Waals surface area contributed by atoms with Gasteiger partial charge in [-0.1, -0.05) is 32.0 Å². The van der Waals surface area contributed by atoms with Gasteiger partial charge < -0.3 is 14.8 Å². The number of aromatic amines is 1. The number of benzene rings is 2. The fourth-order valence-electron chi connectivity index (χ4n) is 2.72. The average molecular weight is 381 g/mol. The molecule has 0 aliphatic heterocycles. The molecule has 1 heterocycles. The summed E-state index contributed by atoms with van der Waals surface area (Å²) in [6.45, 7) is 5.18. The lowest BCUT2D eigenvalue weighted by Gasteiger charge is -2.14. The number of rotatable bonds is 8. The largest absolute Gasteiger partial charge is 0.490 e. The second kappa shape index (κ2) is 9.03. The molecule has 0 aliphatic carbocycles. The smallest absolute Gasteiger partial charge is 0.276 e. The minimum atomic E-state index is -0.420. The van der Waals surface area contributed by atoms with Crippen molar-refractivity contribution in [3.8, 4) is 11.5 Å². The maximum Gasteiger partial charge on any atom is 0.276 e. The highest BCUT2D eigenvalue weighted by molar-refractivity contribution is 6.11. The third-order valence-corrected chi connectivity index (χ3v) is 4.04. The lowest BCUT2D eigenvalue weighted by atomic mass is 10.1. The van der Waals surface area contributed by atoms with E-state index in [4.69, 9.17) is 9.47 Å². The SMILES string of the molecule is CCCOc1ccc(NC(=O)c2n[nH]c(=O)c3ccccc23)cc1OCCC. The molecule has 0 radical (unpaired) electrons. The number of hydrogen-bond donors (Lipinski definition) is 2. The quantitative estimate of drug-likeness (QED) is 0.620. The molecule has 3 aromatic rings. The van der Waals surface area contributed by atoms with Crippen molar-refractivity contribution in [3.63, 3.8) is 0 Å². The van der Waals surface area contributed by atoms with Gasteiger partial charge in [-0.3, -0.25) is 9.59 Å². The number of nitrogens with one attached hydrogen (secondary N) is 2. The van der Waals surface area contributed by atoms with Gasteiger partial charge in [-0.25, -0.2) is 5.10 Å². The maximum atomic E-state index is 12.8. The molecule has 146 valence electrons. The van der Waals surface area contributed by atoms with Crippen LogP contribution in [0.2, 0.25) is 0 Å². The van der Waals surface area contributed by atoms with Gasteiger partial charge in [0.1, 0.15) is 0 Å². The molecule has 0 saturated heterocycles. The number of nitrogens with zero attached hydrogens (tertiary/aromatic N) is 1. The molecule has 0 saturated carbocycles. The Kier molecular flexibility index (Phi) is 6.26. The zero-order valence-electron chi connectivity index (χ0n) is 16.0. The van der Waals surface area contributed by atoms with Crippen LogP contribution in [0.5, 0.6) is 11.5 Å². The molecule has 3 rings (SSSR count). The summed E-state index contributed by atoms with van der Waals surface area (Å²) in [6.07, 6.45) is 1.74. The number of fused-ring (bicyclic) bond motifs is 1. The minimum absolute atomic E-state index is 0.150. The lowest BCUT2D eigenvalue weighted by Crippen LogP contribution is -2.19. The first-order valence-electron chi connectivity index (χ1n) is 9.32. The van der Waals surface area contributed by atoms with E-state index in [1.54, 1.807) is 42.5 Å². The fourth-order valence-corrected chi connectivity index (χ4v) is 2.72. The van der Waals surface area contributed by atoms with Gasteiger partial charge in [0.15, 0.2) is 17.2 Å². The van der Waals surface area contributed by atoms with Gasteiger partial charge in [0.25, 0.3) is 11.5 Å². The van der Waals surface area contributed by atoms with Crippen LogP contribution in [0.3, 0.4) is 0 Å². The van der Waals surface area contributed by atoms with Gasteiger partial charge in [0.05, 0.1) is 18.6 Å². The molecule has 0 bridgehead atoms. The van der Waals surface area contributed by atoms with E-state index in [0.717, 1.165) is 12.8 Å². The van der Waals surface area contributed by atoms with Crippen LogP contribution in [0.4, 0.5) is 5.69 Å². The molecule has 0 atom stereocenters. The molecule has 0 fully saturated rings. The topological polar surface area (TPSA) is 93.3 Å². The Bertz CT molecular complexity index is 1030. The van der Waals surface area contributed by atoms with E-state index < -0.39 is 5.91 Å². The third-order valence-electron chi connectivity index (χ3n) is 4.04. The second-order valence-corrected chi connectivity index (χ2v) is 6.26. The van der Waals surface area contributed by atoms with Crippen molar-refractivity contribution in [1.29, 1.82) is 0 Å². The summed E-state index contributed by atoms with van der Waals surface area (Å²) < 4.78 is 11.5. The molecule has 2 N–H and O–H groups in total. The van der Waals surface area contributed by atoms with Crippen molar-refractivity contribution in [2.45, 2.75) is 26.7 Å². The standard InChI is InChI=1S/C21H23N3O4/c1-3-11-27-17-10-9-14(13-18(17)28-12-4-2)22-21(26)19-15-7-5-6-8-16(15)20(25)24-23-19/h5-10,13H,3-4,11-12H2,1-2H3,(H,22,26)(H,24,25). The Morgan fingerprint density at radius 1 is 1.00 bits per heavy atom. The molecule has 1 aromatic heterocycles. The molecule has 28 heavy (non-hydrogen) atoms. The summed E-state index contributed by atoms with van der Waals surface area (Å²) >= 11 is 0. The van der Waals surface area contributed by atoms with Crippen LogP contribution in [0, 0.1) is 0 Å². The van der Waals surface area contributed by atoms with E-state index >= 15 is 0 Å². The van der Waals surface area contributed by atoms with Crippen molar-refractivity contribution in [3.05, 3.63) is 58.5 Å². The van der Waals surface area contributed by atoms with Crippen LogP contribution in [0.1, 0.15) is 37.2 Å². The van der Waals surface area contributed by atoms with Gasteiger partial charge in [0, 0.05) is 17.1 Å². The number of anilines is 1. The van der Waals surface area contributed by atoms with E-state index in [0.29, 0.717) is 41.2 Å². The number of carbonyl (C=O) groups is 1. The Labute approximate surface area is 162 Å². The Balaban J connectivity index is 1.88. The fraction of sp³-hybridized carbons (Fsp3) is 0.286. The van der Waals surface area contributed by atoms with Crippen molar-refractivity contribution in [2.75, 3.05) is 18.5 Å². The molecule has 0 aliphatic rings. The number of carbonyl (C=O) groups excluding carboxylic acids is 1. The highest BCUT2D eigenvalue weighted by atomic mass is 16.5. The molecule has 7 heteroatoms. The van der Waals surface area contributed by atoms with Crippen LogP contribution in [-0.2, 0) is 0 Å². The molecule has 0 unspecified atom stereocenters. The molecule has 0 spiro atoms. The average Bonchev–Trinajstić information content (AvgIpc) is 2.72. The van der Waals surface area contributed by atoms with Gasteiger partial charge in [-0.15, -0.1) is 0 Å². The van der Waals surface area contributed by atoms with Crippen LogP contribution in [0.15, 0.2) is 47.3 Å². The van der Waals surface area contributed by atoms with Gasteiger partial charge >= 0.3 is 0 Å². The minimum Gasteiger partial charge on any atom is -0.490 e. The van der Waals surface area contributed by atoms with E-state index in [2.05, 4.69) is 15.5 Å². The van der Waals surface area contributed by atoms with Crippen molar-refractivity contribution < 1.29 is 14.3 Å². The highest BCUT2D eigenvalue weighted by Crippen LogP contribution is 2.31. The summed E-state index contributed by atoms with van der Waals surface area (Å²) in [5.41, 5.74) is 0.370. The number of H-pyrrole nitrogens is 1. The monoisotopic (exact) mass is 381 g/mol. The van der Waals surface area contributed by atoms with Crippen LogP contribution in [0.25, 0.3) is 10.8 Å². The summed E-state index contributed by atoms with van der Waals surface area (Å²) in [4.78, 5) is 24.7. The summed E-state index contributed by atoms with van der Waals surface area (Å²) in [5, 5.41) is 10.0. The summed E-state index contributed by atoms with van der Waals surface area (Å²) in [6, 6.07) is 12.1. The molecular weight excluding hydrogens is 358 g/mol. The molecule has 1 amide bonds. The van der Waals surface area contributed by atoms with E-state index in [1.165, 1.54) is 0 Å². The van der Waals surface area contributed by atoms with E-state index in [9.17, 15) is 9.59 Å². The molecular formula is C21H23N3O4. The van der Waals surface area contributed by atoms with Crippen molar-refractivity contribution in [1.82, 2.24) is 10.2 Å². The predicted octanol–water partition coefficient (Wildman–Crippen LogP) is 3.75. The summed E-state index contributed by atoms with van der Waals surface area (Å²) in [7, 11) is 0. The predicted molar refractivity (Wildman–Crippen MR) is 108 cm³/mol. The third kappa shape index (κ3) is 4.31.